The summed E-state index contributed by atoms with van der Waals surface area (Å²) in [6.45, 7) is 0. The third-order valence-electron chi connectivity index (χ3n) is 5.09. The Morgan fingerprint density at radius 2 is 0.895 bits per heavy atom. The molecule has 0 saturated carbocycles. The second kappa shape index (κ2) is 6.59. The van der Waals surface area contributed by atoms with Crippen molar-refractivity contribution in [1.29, 1.82) is 0 Å². The monoisotopic (exact) mass is 256 g/mol. The van der Waals surface area contributed by atoms with Gasteiger partial charge in [-0.05, 0) is 77.0 Å². The molecule has 0 bridgehead atoms. The van der Waals surface area contributed by atoms with Crippen LogP contribution >= 0.6 is 0 Å². The van der Waals surface area contributed by atoms with Crippen molar-refractivity contribution < 1.29 is 0 Å². The molecule has 0 N–H and O–H groups in total. The number of hydrogen-bond donors (Lipinski definition) is 0. The standard InChI is InChI=1S/C19H28/c1-4-10-16(11-5-1)19(17-12-6-2-7-13-17)18-14-8-3-9-15-18/h10,12,14,19H,1-9,11,13,15H2. The fraction of sp³-hybridized carbons (Fsp3) is 0.684. The summed E-state index contributed by atoms with van der Waals surface area (Å²) in [6.07, 6.45) is 24.3. The lowest BCUT2D eigenvalue weighted by Gasteiger charge is -2.31. The molecule has 0 aromatic heterocycles. The van der Waals surface area contributed by atoms with Crippen LogP contribution in [-0.2, 0) is 0 Å². The molecular weight excluding hydrogens is 228 g/mol. The summed E-state index contributed by atoms with van der Waals surface area (Å²) in [7, 11) is 0. The zero-order valence-electron chi connectivity index (χ0n) is 12.3. The molecular formula is C19H28. The van der Waals surface area contributed by atoms with E-state index in [0.29, 0.717) is 0 Å². The number of rotatable bonds is 3. The van der Waals surface area contributed by atoms with Gasteiger partial charge in [0.05, 0.1) is 0 Å². The molecule has 0 atom stereocenters. The van der Waals surface area contributed by atoms with E-state index in [9.17, 15) is 0 Å². The van der Waals surface area contributed by atoms with Crippen LogP contribution in [0.25, 0.3) is 0 Å². The quantitative estimate of drug-likeness (QED) is 0.535. The van der Waals surface area contributed by atoms with Crippen LogP contribution in [0.5, 0.6) is 0 Å². The molecule has 3 aliphatic carbocycles. The summed E-state index contributed by atoms with van der Waals surface area (Å²) < 4.78 is 0. The fourth-order valence-corrected chi connectivity index (χ4v) is 4.09. The van der Waals surface area contributed by atoms with E-state index in [2.05, 4.69) is 18.2 Å². The second-order valence-corrected chi connectivity index (χ2v) is 6.51. The molecule has 0 spiro atoms. The van der Waals surface area contributed by atoms with Gasteiger partial charge < -0.3 is 0 Å². The highest BCUT2D eigenvalue weighted by atomic mass is 14.3. The number of allylic oxidation sites excluding steroid dienone is 6. The van der Waals surface area contributed by atoms with Crippen LogP contribution in [0.15, 0.2) is 34.9 Å². The first-order valence-electron chi connectivity index (χ1n) is 8.52. The minimum absolute atomic E-state index is 0.723. The summed E-state index contributed by atoms with van der Waals surface area (Å²) in [5.41, 5.74) is 5.31. The van der Waals surface area contributed by atoms with Crippen molar-refractivity contribution in [1.82, 2.24) is 0 Å². The van der Waals surface area contributed by atoms with Gasteiger partial charge >= 0.3 is 0 Å². The van der Waals surface area contributed by atoms with Crippen LogP contribution in [0.1, 0.15) is 77.0 Å². The van der Waals surface area contributed by atoms with E-state index >= 15 is 0 Å². The predicted octanol–water partition coefficient (Wildman–Crippen LogP) is 6.10. The average Bonchev–Trinajstić information content (AvgIpc) is 2.51. The van der Waals surface area contributed by atoms with E-state index in [1.807, 2.05) is 0 Å². The van der Waals surface area contributed by atoms with Crippen LogP contribution in [-0.4, -0.2) is 0 Å². The van der Waals surface area contributed by atoms with Gasteiger partial charge in [0.25, 0.3) is 0 Å². The van der Waals surface area contributed by atoms with Crippen molar-refractivity contribution in [3.63, 3.8) is 0 Å². The van der Waals surface area contributed by atoms with Crippen LogP contribution in [0, 0.1) is 5.92 Å². The fourth-order valence-electron chi connectivity index (χ4n) is 4.09. The zero-order chi connectivity index (χ0) is 12.9. The first-order chi connectivity index (χ1) is 9.45. The maximum absolute atomic E-state index is 2.58. The first-order valence-corrected chi connectivity index (χ1v) is 8.52. The normalized spacial score (nSPS) is 24.8. The largest absolute Gasteiger partial charge is 0.0844 e. The first kappa shape index (κ1) is 13.2. The highest BCUT2D eigenvalue weighted by Gasteiger charge is 2.25. The smallest absolute Gasteiger partial charge is 0.0216 e. The number of hydrogen-bond acceptors (Lipinski definition) is 0. The maximum atomic E-state index is 2.58. The van der Waals surface area contributed by atoms with Crippen LogP contribution in [0.4, 0.5) is 0 Å². The Balaban J connectivity index is 1.87. The van der Waals surface area contributed by atoms with Gasteiger partial charge in [0.2, 0.25) is 0 Å². The molecule has 3 aliphatic rings. The highest BCUT2D eigenvalue weighted by Crippen LogP contribution is 2.41. The zero-order valence-corrected chi connectivity index (χ0v) is 12.3. The lowest BCUT2D eigenvalue weighted by Crippen LogP contribution is -2.16. The van der Waals surface area contributed by atoms with Crippen molar-refractivity contribution in [2.45, 2.75) is 77.0 Å². The molecule has 0 aromatic carbocycles. The van der Waals surface area contributed by atoms with Crippen molar-refractivity contribution >= 4 is 0 Å². The Labute approximate surface area is 118 Å². The van der Waals surface area contributed by atoms with Gasteiger partial charge in [0.15, 0.2) is 0 Å². The van der Waals surface area contributed by atoms with Crippen LogP contribution < -0.4 is 0 Å². The molecule has 3 rings (SSSR count). The molecule has 0 saturated heterocycles. The molecule has 0 fully saturated rings. The minimum Gasteiger partial charge on any atom is -0.0844 e. The van der Waals surface area contributed by atoms with Crippen molar-refractivity contribution in [2.24, 2.45) is 5.92 Å². The highest BCUT2D eigenvalue weighted by molar-refractivity contribution is 5.35. The predicted molar refractivity (Wildman–Crippen MR) is 83.1 cm³/mol. The molecule has 0 amide bonds. The SMILES string of the molecule is C1=C(C(C2=CCCCC2)C2=CCCCC2)CCCC1. The van der Waals surface area contributed by atoms with Crippen molar-refractivity contribution in [2.75, 3.05) is 0 Å². The lowest BCUT2D eigenvalue weighted by atomic mass is 9.74. The van der Waals surface area contributed by atoms with Gasteiger partial charge in [-0.1, -0.05) is 34.9 Å². The van der Waals surface area contributed by atoms with Gasteiger partial charge in [-0.25, -0.2) is 0 Å². The molecule has 0 heterocycles. The topological polar surface area (TPSA) is 0 Å². The van der Waals surface area contributed by atoms with Gasteiger partial charge in [0, 0.05) is 5.92 Å². The average molecular weight is 256 g/mol. The van der Waals surface area contributed by atoms with Crippen molar-refractivity contribution in [3.8, 4) is 0 Å². The summed E-state index contributed by atoms with van der Waals surface area (Å²) in [6, 6.07) is 0. The van der Waals surface area contributed by atoms with Gasteiger partial charge in [-0.3, -0.25) is 0 Å². The van der Waals surface area contributed by atoms with E-state index in [1.54, 1.807) is 16.7 Å². The molecule has 19 heavy (non-hydrogen) atoms. The summed E-state index contributed by atoms with van der Waals surface area (Å²) in [5, 5.41) is 0. The van der Waals surface area contributed by atoms with Gasteiger partial charge in [-0.15, -0.1) is 0 Å². The summed E-state index contributed by atoms with van der Waals surface area (Å²) in [5.74, 6) is 0.723. The molecule has 0 heteroatoms. The molecule has 0 unspecified atom stereocenters. The maximum Gasteiger partial charge on any atom is 0.0216 e. The lowest BCUT2D eigenvalue weighted by molar-refractivity contribution is 0.567. The third kappa shape index (κ3) is 3.22. The second-order valence-electron chi connectivity index (χ2n) is 6.51. The third-order valence-corrected chi connectivity index (χ3v) is 5.09. The van der Waals surface area contributed by atoms with Gasteiger partial charge in [0.1, 0.15) is 0 Å². The Bertz CT molecular complexity index is 332. The Hall–Kier alpha value is -0.780. The molecule has 0 aliphatic heterocycles. The minimum atomic E-state index is 0.723. The molecule has 0 nitrogen and oxygen atoms in total. The van der Waals surface area contributed by atoms with Crippen molar-refractivity contribution in [3.05, 3.63) is 34.9 Å². The van der Waals surface area contributed by atoms with E-state index in [4.69, 9.17) is 0 Å². The van der Waals surface area contributed by atoms with E-state index in [1.165, 1.54) is 77.0 Å². The van der Waals surface area contributed by atoms with E-state index < -0.39 is 0 Å². The summed E-state index contributed by atoms with van der Waals surface area (Å²) >= 11 is 0. The molecule has 0 aromatic rings. The Morgan fingerprint density at radius 1 is 0.526 bits per heavy atom. The Kier molecular flexibility index (Phi) is 4.58. The van der Waals surface area contributed by atoms with Crippen LogP contribution in [0.3, 0.4) is 0 Å². The van der Waals surface area contributed by atoms with E-state index in [-0.39, 0.29) is 0 Å². The Morgan fingerprint density at radius 3 is 1.16 bits per heavy atom. The molecule has 104 valence electrons. The van der Waals surface area contributed by atoms with Gasteiger partial charge in [-0.2, -0.15) is 0 Å². The van der Waals surface area contributed by atoms with E-state index in [0.717, 1.165) is 5.92 Å². The molecule has 0 radical (unpaired) electrons. The van der Waals surface area contributed by atoms with Crippen LogP contribution in [0.2, 0.25) is 0 Å². The summed E-state index contributed by atoms with van der Waals surface area (Å²) in [4.78, 5) is 0.